The summed E-state index contributed by atoms with van der Waals surface area (Å²) >= 11 is 0. The Labute approximate surface area is 176 Å². The summed E-state index contributed by atoms with van der Waals surface area (Å²) in [4.78, 5) is 35.4. The second-order valence-corrected chi connectivity index (χ2v) is 7.06. The Bertz CT molecular complexity index is 1120. The number of rotatable bonds is 4. The van der Waals surface area contributed by atoms with Gasteiger partial charge in [0.1, 0.15) is 23.0 Å². The van der Waals surface area contributed by atoms with Crippen LogP contribution in [0.1, 0.15) is 17.4 Å². The Balaban J connectivity index is 1.63. The molecule has 0 atom stereocenters. The van der Waals surface area contributed by atoms with Crippen molar-refractivity contribution in [3.05, 3.63) is 53.9 Å². The number of carbonyl (C=O) groups excluding carboxylic acids is 2. The van der Waals surface area contributed by atoms with E-state index in [-0.39, 0.29) is 23.3 Å². The molecule has 0 aliphatic carbocycles. The molecule has 0 spiro atoms. The predicted molar refractivity (Wildman–Crippen MR) is 108 cm³/mol. The largest absolute Gasteiger partial charge is 0.435 e. The lowest BCUT2D eigenvalue weighted by atomic mass is 10.2. The predicted octanol–water partition coefficient (Wildman–Crippen LogP) is 2.45. The molecule has 0 bridgehead atoms. The summed E-state index contributed by atoms with van der Waals surface area (Å²) in [5, 5.41) is 0. The smallest absolute Gasteiger partial charge is 0.271 e. The molecule has 0 saturated carbocycles. The van der Waals surface area contributed by atoms with Crippen LogP contribution in [-0.2, 0) is 4.79 Å². The molecule has 0 unspecified atom stereocenters. The third-order valence-corrected chi connectivity index (χ3v) is 5.10. The molecule has 0 radical (unpaired) electrons. The second-order valence-electron chi connectivity index (χ2n) is 7.06. The first-order valence-electron chi connectivity index (χ1n) is 9.57. The molecule has 160 valence electrons. The van der Waals surface area contributed by atoms with Crippen LogP contribution in [0.2, 0.25) is 0 Å². The zero-order valence-electron chi connectivity index (χ0n) is 16.6. The van der Waals surface area contributed by atoms with Gasteiger partial charge in [0.25, 0.3) is 5.91 Å². The van der Waals surface area contributed by atoms with Crippen LogP contribution in [-0.4, -0.2) is 52.9 Å². The van der Waals surface area contributed by atoms with E-state index in [1.807, 2.05) is 4.90 Å². The van der Waals surface area contributed by atoms with Crippen molar-refractivity contribution in [1.82, 2.24) is 14.9 Å². The molecular formula is C21H19F2N5O3. The molecule has 8 nitrogen and oxygen atoms in total. The van der Waals surface area contributed by atoms with Gasteiger partial charge in [0, 0.05) is 44.9 Å². The van der Waals surface area contributed by atoms with E-state index < -0.39 is 23.1 Å². The van der Waals surface area contributed by atoms with Gasteiger partial charge in [-0.25, -0.2) is 18.7 Å². The highest BCUT2D eigenvalue weighted by Crippen LogP contribution is 2.32. The average molecular weight is 427 g/mol. The van der Waals surface area contributed by atoms with E-state index in [1.165, 1.54) is 19.2 Å². The van der Waals surface area contributed by atoms with Crippen LogP contribution in [0.3, 0.4) is 0 Å². The molecule has 31 heavy (non-hydrogen) atoms. The maximum atomic E-state index is 14.1. The normalized spacial score (nSPS) is 14.0. The van der Waals surface area contributed by atoms with E-state index in [9.17, 15) is 18.4 Å². The number of hydrogen-bond acceptors (Lipinski definition) is 6. The number of hydrogen-bond donors (Lipinski definition) is 1. The monoisotopic (exact) mass is 427 g/mol. The van der Waals surface area contributed by atoms with Crippen LogP contribution in [0, 0.1) is 11.6 Å². The fourth-order valence-corrected chi connectivity index (χ4v) is 3.45. The van der Waals surface area contributed by atoms with E-state index in [0.717, 1.165) is 12.1 Å². The number of aromatic nitrogens is 2. The fourth-order valence-electron chi connectivity index (χ4n) is 3.45. The molecular weight excluding hydrogens is 408 g/mol. The lowest BCUT2D eigenvalue weighted by Gasteiger charge is -2.34. The summed E-state index contributed by atoms with van der Waals surface area (Å²) in [6.07, 6.45) is 1.47. The minimum absolute atomic E-state index is 0.0226. The first-order valence-corrected chi connectivity index (χ1v) is 9.57. The summed E-state index contributed by atoms with van der Waals surface area (Å²) in [6.45, 7) is 4.02. The number of nitrogens with two attached hydrogens (primary N) is 1. The quantitative estimate of drug-likeness (QED) is 0.686. The van der Waals surface area contributed by atoms with Gasteiger partial charge in [-0.2, -0.15) is 0 Å². The van der Waals surface area contributed by atoms with Gasteiger partial charge in [-0.1, -0.05) is 6.07 Å². The fraction of sp³-hybridized carbons (Fsp3) is 0.238. The summed E-state index contributed by atoms with van der Waals surface area (Å²) in [7, 11) is 0. The molecule has 3 aromatic rings. The maximum absolute atomic E-state index is 14.1. The third-order valence-electron chi connectivity index (χ3n) is 5.10. The number of piperazine rings is 1. The minimum Gasteiger partial charge on any atom is -0.435 e. The zero-order valence-corrected chi connectivity index (χ0v) is 16.6. The molecule has 2 aromatic heterocycles. The van der Waals surface area contributed by atoms with E-state index in [4.69, 9.17) is 10.2 Å². The van der Waals surface area contributed by atoms with Gasteiger partial charge in [-0.15, -0.1) is 0 Å². The van der Waals surface area contributed by atoms with Crippen LogP contribution < -0.4 is 10.6 Å². The number of nitrogens with zero attached hydrogens (tertiary/aromatic N) is 4. The first-order chi connectivity index (χ1) is 14.8. The average Bonchev–Trinajstić information content (AvgIpc) is 3.19. The van der Waals surface area contributed by atoms with Crippen molar-refractivity contribution in [3.8, 4) is 22.8 Å². The molecule has 10 heteroatoms. The highest BCUT2D eigenvalue weighted by atomic mass is 19.1. The second kappa shape index (κ2) is 8.13. The standard InChI is InChI=1S/C21H19F2N5O3/c1-12(29)27-7-9-28(10-8-27)16-6-5-13(11-25-16)19-18(20(24)30)26-21(31-19)17-14(22)3-2-4-15(17)23/h2-6,11H,7-10H2,1H3,(H2,24,30). The van der Waals surface area contributed by atoms with Gasteiger partial charge in [0.2, 0.25) is 11.8 Å². The van der Waals surface area contributed by atoms with Crippen LogP contribution in [0.5, 0.6) is 0 Å². The minimum atomic E-state index is -0.897. The van der Waals surface area contributed by atoms with Crippen molar-refractivity contribution in [2.24, 2.45) is 5.73 Å². The number of primary amides is 1. The molecule has 2 amide bonds. The van der Waals surface area contributed by atoms with Gasteiger partial charge < -0.3 is 20.0 Å². The van der Waals surface area contributed by atoms with Crippen LogP contribution in [0.4, 0.5) is 14.6 Å². The Kier molecular flexibility index (Phi) is 5.37. The molecule has 1 aliphatic heterocycles. The Morgan fingerprint density at radius 1 is 1.06 bits per heavy atom. The van der Waals surface area contributed by atoms with Gasteiger partial charge in [0.15, 0.2) is 11.5 Å². The highest BCUT2D eigenvalue weighted by Gasteiger charge is 2.25. The van der Waals surface area contributed by atoms with Crippen LogP contribution in [0.25, 0.3) is 22.8 Å². The van der Waals surface area contributed by atoms with Crippen LogP contribution in [0.15, 0.2) is 40.9 Å². The third kappa shape index (κ3) is 3.96. The summed E-state index contributed by atoms with van der Waals surface area (Å²) in [6, 6.07) is 6.73. The van der Waals surface area contributed by atoms with Gasteiger partial charge in [0.05, 0.1) is 0 Å². The molecule has 1 saturated heterocycles. The molecule has 1 aliphatic rings. The number of anilines is 1. The highest BCUT2D eigenvalue weighted by molar-refractivity contribution is 5.97. The lowest BCUT2D eigenvalue weighted by Crippen LogP contribution is -2.48. The summed E-state index contributed by atoms with van der Waals surface area (Å²) < 4.78 is 33.8. The zero-order chi connectivity index (χ0) is 22.1. The van der Waals surface area contributed by atoms with Crippen molar-refractivity contribution in [3.63, 3.8) is 0 Å². The summed E-state index contributed by atoms with van der Waals surface area (Å²) in [5.74, 6) is -2.33. The molecule has 4 rings (SSSR count). The summed E-state index contributed by atoms with van der Waals surface area (Å²) in [5.41, 5.74) is 5.05. The lowest BCUT2D eigenvalue weighted by molar-refractivity contribution is -0.129. The number of carbonyl (C=O) groups is 2. The molecule has 1 fully saturated rings. The van der Waals surface area contributed by atoms with Gasteiger partial charge in [-0.05, 0) is 24.3 Å². The first kappa shape index (κ1) is 20.5. The molecule has 2 N–H and O–H groups in total. The van der Waals surface area contributed by atoms with E-state index >= 15 is 0 Å². The van der Waals surface area contributed by atoms with E-state index in [1.54, 1.807) is 17.0 Å². The van der Waals surface area contributed by atoms with Crippen LogP contribution >= 0.6 is 0 Å². The van der Waals surface area contributed by atoms with E-state index in [2.05, 4.69) is 9.97 Å². The van der Waals surface area contributed by atoms with Crippen molar-refractivity contribution in [2.45, 2.75) is 6.92 Å². The van der Waals surface area contributed by atoms with Crippen molar-refractivity contribution in [1.29, 1.82) is 0 Å². The van der Waals surface area contributed by atoms with Crippen molar-refractivity contribution >= 4 is 17.6 Å². The van der Waals surface area contributed by atoms with Gasteiger partial charge in [-0.3, -0.25) is 9.59 Å². The van der Waals surface area contributed by atoms with Gasteiger partial charge >= 0.3 is 0 Å². The number of amides is 2. The Morgan fingerprint density at radius 3 is 2.29 bits per heavy atom. The number of pyridine rings is 1. The number of halogens is 2. The van der Waals surface area contributed by atoms with Crippen molar-refractivity contribution < 1.29 is 22.8 Å². The Morgan fingerprint density at radius 2 is 1.74 bits per heavy atom. The molecule has 3 heterocycles. The topological polar surface area (TPSA) is 106 Å². The number of benzene rings is 1. The van der Waals surface area contributed by atoms with E-state index in [0.29, 0.717) is 37.6 Å². The molecule has 1 aromatic carbocycles. The maximum Gasteiger partial charge on any atom is 0.271 e. The SMILES string of the molecule is CC(=O)N1CCN(c2ccc(-c3oc(-c4c(F)cccc4F)nc3C(N)=O)cn2)CC1. The number of oxazole rings is 1. The Hall–Kier alpha value is -3.82. The van der Waals surface area contributed by atoms with Crippen molar-refractivity contribution in [2.75, 3.05) is 31.1 Å².